The maximum Gasteiger partial charge on any atom is 0.288 e. The Morgan fingerprint density at radius 1 is 1.32 bits per heavy atom. The third-order valence-corrected chi connectivity index (χ3v) is 5.43. The fourth-order valence-electron chi connectivity index (χ4n) is 2.60. The second-order valence-electron chi connectivity index (χ2n) is 5.39. The van der Waals surface area contributed by atoms with Gasteiger partial charge < -0.3 is 10.2 Å². The van der Waals surface area contributed by atoms with Gasteiger partial charge in [-0.1, -0.05) is 6.92 Å². The summed E-state index contributed by atoms with van der Waals surface area (Å²) in [5.74, 6) is 0.747. The van der Waals surface area contributed by atoms with E-state index in [0.717, 1.165) is 31.6 Å². The standard InChI is InChI=1S/C14H18N2O2S/c1-9-2-5-11(6-3-9)19(17)14-16-12-8-10(15)4-7-13(12)18-14/h4,7-9,11H,2-3,5-6,15H2,1H3. The quantitative estimate of drug-likeness (QED) is 0.857. The van der Waals surface area contributed by atoms with Crippen LogP contribution in [0.1, 0.15) is 32.6 Å². The van der Waals surface area contributed by atoms with Crippen molar-refractivity contribution < 1.29 is 8.63 Å². The van der Waals surface area contributed by atoms with Crippen LogP contribution in [0.3, 0.4) is 0 Å². The zero-order valence-electron chi connectivity index (χ0n) is 11.0. The van der Waals surface area contributed by atoms with E-state index in [-0.39, 0.29) is 5.25 Å². The van der Waals surface area contributed by atoms with E-state index in [1.807, 2.05) is 0 Å². The van der Waals surface area contributed by atoms with E-state index in [2.05, 4.69) is 11.9 Å². The van der Waals surface area contributed by atoms with Gasteiger partial charge >= 0.3 is 0 Å². The second-order valence-corrected chi connectivity index (χ2v) is 7.00. The van der Waals surface area contributed by atoms with Crippen LogP contribution in [0.4, 0.5) is 5.69 Å². The summed E-state index contributed by atoms with van der Waals surface area (Å²) in [5, 5.41) is 0.529. The number of nitrogen functional groups attached to an aromatic ring is 1. The average molecular weight is 278 g/mol. The zero-order chi connectivity index (χ0) is 13.4. The van der Waals surface area contributed by atoms with Crippen molar-refractivity contribution >= 4 is 27.6 Å². The maximum absolute atomic E-state index is 12.5. The topological polar surface area (TPSA) is 69.1 Å². The van der Waals surface area contributed by atoms with Crippen molar-refractivity contribution in [1.82, 2.24) is 4.98 Å². The van der Waals surface area contributed by atoms with E-state index in [0.29, 0.717) is 22.0 Å². The number of hydrogen-bond donors (Lipinski definition) is 1. The molecule has 4 nitrogen and oxygen atoms in total. The van der Waals surface area contributed by atoms with Crippen molar-refractivity contribution in [2.45, 2.75) is 43.1 Å². The highest BCUT2D eigenvalue weighted by Crippen LogP contribution is 2.30. The zero-order valence-corrected chi connectivity index (χ0v) is 11.8. The van der Waals surface area contributed by atoms with E-state index >= 15 is 0 Å². The smallest absolute Gasteiger partial charge is 0.288 e. The lowest BCUT2D eigenvalue weighted by atomic mass is 9.91. The minimum atomic E-state index is -1.14. The van der Waals surface area contributed by atoms with Crippen LogP contribution in [0.25, 0.3) is 11.1 Å². The van der Waals surface area contributed by atoms with Gasteiger partial charge in [-0.25, -0.2) is 9.19 Å². The lowest BCUT2D eigenvalue weighted by Crippen LogP contribution is -2.22. The van der Waals surface area contributed by atoms with Crippen LogP contribution < -0.4 is 5.73 Å². The highest BCUT2D eigenvalue weighted by molar-refractivity contribution is 7.85. The SMILES string of the molecule is CC1CCC(S(=O)c2nc3cc(N)ccc3o2)CC1. The predicted octanol–water partition coefficient (Wildman–Crippen LogP) is 3.10. The molecule has 0 aliphatic heterocycles. The monoisotopic (exact) mass is 278 g/mol. The first kappa shape index (κ1) is 12.7. The molecule has 0 saturated heterocycles. The first-order valence-electron chi connectivity index (χ1n) is 6.70. The highest BCUT2D eigenvalue weighted by atomic mass is 32.2. The molecule has 2 N–H and O–H groups in total. The molecule has 3 rings (SSSR count). The molecule has 0 spiro atoms. The van der Waals surface area contributed by atoms with Gasteiger partial charge in [-0.05, 0) is 49.8 Å². The van der Waals surface area contributed by atoms with Gasteiger partial charge in [0.1, 0.15) is 16.3 Å². The molecule has 1 aromatic carbocycles. The highest BCUT2D eigenvalue weighted by Gasteiger charge is 2.27. The molecule has 1 unspecified atom stereocenters. The van der Waals surface area contributed by atoms with E-state index < -0.39 is 10.8 Å². The molecule has 0 bridgehead atoms. The molecule has 0 amide bonds. The van der Waals surface area contributed by atoms with E-state index in [4.69, 9.17) is 10.2 Å². The summed E-state index contributed by atoms with van der Waals surface area (Å²) in [6.45, 7) is 2.25. The summed E-state index contributed by atoms with van der Waals surface area (Å²) in [6, 6.07) is 5.30. The third-order valence-electron chi connectivity index (χ3n) is 3.83. The normalized spacial score (nSPS) is 25.5. The maximum atomic E-state index is 12.5. The Morgan fingerprint density at radius 3 is 2.79 bits per heavy atom. The Bertz CT molecular complexity index is 615. The molecule has 1 heterocycles. The number of nitrogens with zero attached hydrogens (tertiary/aromatic N) is 1. The first-order chi connectivity index (χ1) is 9.13. The van der Waals surface area contributed by atoms with Crippen molar-refractivity contribution in [3.63, 3.8) is 0 Å². The molecule has 1 atom stereocenters. The van der Waals surface area contributed by atoms with Gasteiger partial charge in [0.2, 0.25) is 0 Å². The van der Waals surface area contributed by atoms with Crippen molar-refractivity contribution in [2.24, 2.45) is 5.92 Å². The number of oxazole rings is 1. The third kappa shape index (κ3) is 2.52. The van der Waals surface area contributed by atoms with Crippen LogP contribution in [-0.2, 0) is 10.8 Å². The first-order valence-corrected chi connectivity index (χ1v) is 7.91. The van der Waals surface area contributed by atoms with Gasteiger partial charge in [-0.15, -0.1) is 0 Å². The fraction of sp³-hybridized carbons (Fsp3) is 0.500. The molecule has 5 heteroatoms. The molecule has 1 aliphatic carbocycles. The van der Waals surface area contributed by atoms with Crippen LogP contribution in [-0.4, -0.2) is 14.4 Å². The molecule has 102 valence electrons. The summed E-state index contributed by atoms with van der Waals surface area (Å²) >= 11 is 0. The number of rotatable bonds is 2. The molecule has 1 saturated carbocycles. The number of fused-ring (bicyclic) bond motifs is 1. The summed E-state index contributed by atoms with van der Waals surface area (Å²) in [7, 11) is -1.14. The number of hydrogen-bond acceptors (Lipinski definition) is 4. The van der Waals surface area contributed by atoms with Crippen LogP contribution in [0.2, 0.25) is 0 Å². The Hall–Kier alpha value is -1.36. The van der Waals surface area contributed by atoms with Gasteiger partial charge in [0.05, 0.1) is 0 Å². The van der Waals surface area contributed by atoms with Gasteiger partial charge in [0.25, 0.3) is 5.22 Å². The number of nitrogens with two attached hydrogens (primary N) is 1. The Balaban J connectivity index is 1.85. The average Bonchev–Trinajstić information content (AvgIpc) is 2.81. The van der Waals surface area contributed by atoms with Crippen LogP contribution >= 0.6 is 0 Å². The van der Waals surface area contributed by atoms with Crippen molar-refractivity contribution in [3.05, 3.63) is 18.2 Å². The molecular formula is C14H18N2O2S. The van der Waals surface area contributed by atoms with Gasteiger partial charge in [-0.3, -0.25) is 0 Å². The molecule has 1 aromatic heterocycles. The number of aromatic nitrogens is 1. The second kappa shape index (κ2) is 4.96. The summed E-state index contributed by atoms with van der Waals surface area (Å²) in [4.78, 5) is 4.32. The van der Waals surface area contributed by atoms with Gasteiger partial charge in [-0.2, -0.15) is 0 Å². The fourth-order valence-corrected chi connectivity index (χ4v) is 3.94. The number of benzene rings is 1. The van der Waals surface area contributed by atoms with Gasteiger partial charge in [0, 0.05) is 10.9 Å². The van der Waals surface area contributed by atoms with Crippen molar-refractivity contribution in [3.8, 4) is 0 Å². The van der Waals surface area contributed by atoms with Crippen molar-refractivity contribution in [2.75, 3.05) is 5.73 Å². The minimum Gasteiger partial charge on any atom is -0.430 e. The van der Waals surface area contributed by atoms with E-state index in [1.165, 1.54) is 0 Å². The summed E-state index contributed by atoms with van der Waals surface area (Å²) in [5.41, 5.74) is 7.69. The lowest BCUT2D eigenvalue weighted by Gasteiger charge is -2.24. The van der Waals surface area contributed by atoms with Crippen LogP contribution in [0.5, 0.6) is 0 Å². The molecule has 1 aliphatic rings. The lowest BCUT2D eigenvalue weighted by molar-refractivity contribution is 0.384. The number of anilines is 1. The van der Waals surface area contributed by atoms with Crippen LogP contribution in [0, 0.1) is 5.92 Å². The Kier molecular flexibility index (Phi) is 3.31. The minimum absolute atomic E-state index is 0.182. The molecular weight excluding hydrogens is 260 g/mol. The summed E-state index contributed by atoms with van der Waals surface area (Å²) < 4.78 is 18.1. The largest absolute Gasteiger partial charge is 0.430 e. The van der Waals surface area contributed by atoms with E-state index in [1.54, 1.807) is 18.2 Å². The predicted molar refractivity (Wildman–Crippen MR) is 76.2 cm³/mol. The summed E-state index contributed by atoms with van der Waals surface area (Å²) in [6.07, 6.45) is 4.27. The molecule has 0 radical (unpaired) electrons. The van der Waals surface area contributed by atoms with Crippen LogP contribution in [0.15, 0.2) is 27.8 Å². The molecule has 1 fully saturated rings. The Labute approximate surface area is 114 Å². The van der Waals surface area contributed by atoms with E-state index in [9.17, 15) is 4.21 Å². The molecule has 2 aromatic rings. The molecule has 19 heavy (non-hydrogen) atoms. The Morgan fingerprint density at radius 2 is 2.05 bits per heavy atom. The van der Waals surface area contributed by atoms with Gasteiger partial charge in [0.15, 0.2) is 5.58 Å². The van der Waals surface area contributed by atoms with Crippen molar-refractivity contribution in [1.29, 1.82) is 0 Å².